The number of amides is 1. The molecule has 8 heteroatoms. The number of alkyl halides is 3. The zero-order valence-corrected chi connectivity index (χ0v) is 19.5. The molecule has 1 fully saturated rings. The van der Waals surface area contributed by atoms with Gasteiger partial charge in [-0.2, -0.15) is 13.2 Å². The molecule has 4 aromatic rings. The smallest absolute Gasteiger partial charge is 0.355 e. The molecule has 0 atom stereocenters. The molecule has 5 nitrogen and oxygen atoms in total. The van der Waals surface area contributed by atoms with Crippen LogP contribution in [-0.2, 0) is 12.7 Å². The predicted octanol–water partition coefficient (Wildman–Crippen LogP) is 5.96. The Morgan fingerprint density at radius 1 is 0.889 bits per heavy atom. The third kappa shape index (κ3) is 5.33. The van der Waals surface area contributed by atoms with Gasteiger partial charge in [-0.25, -0.2) is 0 Å². The van der Waals surface area contributed by atoms with E-state index in [2.05, 4.69) is 27.3 Å². The minimum Gasteiger partial charge on any atom is -0.355 e. The van der Waals surface area contributed by atoms with Crippen molar-refractivity contribution in [3.63, 3.8) is 0 Å². The number of halogens is 3. The van der Waals surface area contributed by atoms with Crippen LogP contribution in [-0.4, -0.2) is 46.9 Å². The average Bonchev–Trinajstić information content (AvgIpc) is 2.89. The van der Waals surface area contributed by atoms with E-state index in [1.54, 1.807) is 30.3 Å². The largest absolute Gasteiger partial charge is 0.416 e. The van der Waals surface area contributed by atoms with E-state index < -0.39 is 11.7 Å². The maximum atomic E-state index is 13.0. The van der Waals surface area contributed by atoms with E-state index in [4.69, 9.17) is 0 Å². The zero-order chi connectivity index (χ0) is 25.1. The Bertz CT molecular complexity index is 1350. The first-order chi connectivity index (χ1) is 17.4. The van der Waals surface area contributed by atoms with Crippen molar-refractivity contribution >= 4 is 28.2 Å². The van der Waals surface area contributed by atoms with Crippen LogP contribution in [0.15, 0.2) is 85.1 Å². The number of nitrogens with zero attached hydrogens (tertiary/aromatic N) is 3. The summed E-state index contributed by atoms with van der Waals surface area (Å²) >= 11 is 0. The molecule has 1 N–H and O–H groups in total. The van der Waals surface area contributed by atoms with E-state index in [9.17, 15) is 18.0 Å². The normalized spacial score (nSPS) is 14.7. The van der Waals surface area contributed by atoms with E-state index in [0.29, 0.717) is 29.7 Å². The molecule has 0 unspecified atom stereocenters. The predicted molar refractivity (Wildman–Crippen MR) is 134 cm³/mol. The van der Waals surface area contributed by atoms with Gasteiger partial charge in [0.2, 0.25) is 0 Å². The van der Waals surface area contributed by atoms with Crippen LogP contribution >= 0.6 is 0 Å². The van der Waals surface area contributed by atoms with Crippen molar-refractivity contribution in [1.29, 1.82) is 0 Å². The first-order valence-electron chi connectivity index (χ1n) is 11.8. The summed E-state index contributed by atoms with van der Waals surface area (Å²) in [5.74, 6) is -0.00467. The Balaban J connectivity index is 1.22. The van der Waals surface area contributed by atoms with Gasteiger partial charge in [0, 0.05) is 61.2 Å². The van der Waals surface area contributed by atoms with Crippen LogP contribution in [0.25, 0.3) is 10.9 Å². The third-order valence-electron chi connectivity index (χ3n) is 6.39. The number of carbonyl (C=O) groups excluding carboxylic acids is 1. The fourth-order valence-electron chi connectivity index (χ4n) is 4.42. The number of pyridine rings is 1. The van der Waals surface area contributed by atoms with E-state index in [-0.39, 0.29) is 11.4 Å². The van der Waals surface area contributed by atoms with Crippen molar-refractivity contribution in [3.05, 3.63) is 102 Å². The van der Waals surface area contributed by atoms with Crippen LogP contribution in [0.4, 0.5) is 24.5 Å². The number of benzene rings is 3. The lowest BCUT2D eigenvalue weighted by Gasteiger charge is -2.34. The highest BCUT2D eigenvalue weighted by Crippen LogP contribution is 2.33. The minimum absolute atomic E-state index is 0.00467. The minimum atomic E-state index is -4.42. The zero-order valence-electron chi connectivity index (χ0n) is 19.5. The maximum absolute atomic E-state index is 13.0. The van der Waals surface area contributed by atoms with Crippen LogP contribution in [0.5, 0.6) is 0 Å². The summed E-state index contributed by atoms with van der Waals surface area (Å²) in [4.78, 5) is 21.3. The molecule has 3 aromatic carbocycles. The van der Waals surface area contributed by atoms with Crippen LogP contribution in [0.1, 0.15) is 21.5 Å². The molecule has 0 saturated carbocycles. The van der Waals surface area contributed by atoms with Gasteiger partial charge in [-0.15, -0.1) is 0 Å². The second-order valence-electron chi connectivity index (χ2n) is 8.84. The quantitative estimate of drug-likeness (QED) is 0.375. The third-order valence-corrected chi connectivity index (χ3v) is 6.39. The molecule has 1 aliphatic rings. The Labute approximate surface area is 207 Å². The number of rotatable bonds is 5. The molecule has 2 heterocycles. The molecule has 36 heavy (non-hydrogen) atoms. The van der Waals surface area contributed by atoms with Crippen molar-refractivity contribution < 1.29 is 18.0 Å². The molecule has 0 radical (unpaired) electrons. The molecular weight excluding hydrogens is 465 g/mol. The van der Waals surface area contributed by atoms with Crippen molar-refractivity contribution in [2.45, 2.75) is 12.7 Å². The summed E-state index contributed by atoms with van der Waals surface area (Å²) in [6, 6.07) is 22.7. The van der Waals surface area contributed by atoms with Gasteiger partial charge in [-0.3, -0.25) is 14.7 Å². The molecule has 5 rings (SSSR count). The SMILES string of the molecule is O=C(c1ccc(Nc2ccnc3cc(C(F)(F)F)ccc23)cc1)N1CCN(Cc2ccccc2)CC1. The Kier molecular flexibility index (Phi) is 6.61. The van der Waals surface area contributed by atoms with Crippen molar-refractivity contribution in [1.82, 2.24) is 14.8 Å². The van der Waals surface area contributed by atoms with E-state index in [0.717, 1.165) is 37.5 Å². The summed E-state index contributed by atoms with van der Waals surface area (Å²) in [7, 11) is 0. The number of aromatic nitrogens is 1. The lowest BCUT2D eigenvalue weighted by Crippen LogP contribution is -2.48. The van der Waals surface area contributed by atoms with Crippen molar-refractivity contribution in [3.8, 4) is 0 Å². The molecular formula is C28H25F3N4O. The van der Waals surface area contributed by atoms with Gasteiger partial charge in [0.25, 0.3) is 5.91 Å². The number of hydrogen-bond donors (Lipinski definition) is 1. The standard InChI is InChI=1S/C28H25F3N4O/c29-28(30,31)22-8-11-24-25(12-13-32-26(24)18-22)33-23-9-6-21(7-10-23)27(36)35-16-14-34(15-17-35)19-20-4-2-1-3-5-20/h1-13,18H,14-17,19H2,(H,32,33). The van der Waals surface area contributed by atoms with Gasteiger partial charge in [0.15, 0.2) is 0 Å². The Morgan fingerprint density at radius 3 is 2.31 bits per heavy atom. The van der Waals surface area contributed by atoms with Gasteiger partial charge in [0.1, 0.15) is 0 Å². The van der Waals surface area contributed by atoms with Gasteiger partial charge in [-0.05, 0) is 48.0 Å². The summed E-state index contributed by atoms with van der Waals surface area (Å²) in [5.41, 5.74) is 2.76. The topological polar surface area (TPSA) is 48.5 Å². The number of anilines is 2. The molecule has 184 valence electrons. The van der Waals surface area contributed by atoms with Gasteiger partial charge in [-0.1, -0.05) is 36.4 Å². The monoisotopic (exact) mass is 490 g/mol. The Hall–Kier alpha value is -3.91. The highest BCUT2D eigenvalue weighted by Gasteiger charge is 2.30. The second-order valence-corrected chi connectivity index (χ2v) is 8.84. The number of piperazine rings is 1. The fourth-order valence-corrected chi connectivity index (χ4v) is 4.42. The van der Waals surface area contributed by atoms with Crippen LogP contribution in [0.2, 0.25) is 0 Å². The second kappa shape index (κ2) is 9.99. The van der Waals surface area contributed by atoms with E-state index in [1.807, 2.05) is 23.1 Å². The summed E-state index contributed by atoms with van der Waals surface area (Å²) in [6.07, 6.45) is -2.95. The molecule has 0 spiro atoms. The van der Waals surface area contributed by atoms with Crippen LogP contribution in [0, 0.1) is 0 Å². The van der Waals surface area contributed by atoms with E-state index in [1.165, 1.54) is 17.8 Å². The maximum Gasteiger partial charge on any atom is 0.416 e. The van der Waals surface area contributed by atoms with E-state index >= 15 is 0 Å². The van der Waals surface area contributed by atoms with Crippen LogP contribution in [0.3, 0.4) is 0 Å². The van der Waals surface area contributed by atoms with Crippen LogP contribution < -0.4 is 5.32 Å². The number of hydrogen-bond acceptors (Lipinski definition) is 4. The lowest BCUT2D eigenvalue weighted by molar-refractivity contribution is -0.137. The molecule has 0 bridgehead atoms. The van der Waals surface area contributed by atoms with Gasteiger partial charge >= 0.3 is 6.18 Å². The molecule has 1 amide bonds. The fraction of sp³-hybridized carbons (Fsp3) is 0.214. The van der Waals surface area contributed by atoms with Crippen molar-refractivity contribution in [2.75, 3.05) is 31.5 Å². The first-order valence-corrected chi connectivity index (χ1v) is 11.8. The molecule has 1 aliphatic heterocycles. The number of nitrogens with one attached hydrogen (secondary N) is 1. The molecule has 0 aliphatic carbocycles. The molecule has 1 aromatic heterocycles. The van der Waals surface area contributed by atoms with Gasteiger partial charge < -0.3 is 10.2 Å². The molecule has 1 saturated heterocycles. The average molecular weight is 491 g/mol. The van der Waals surface area contributed by atoms with Crippen molar-refractivity contribution in [2.24, 2.45) is 0 Å². The summed E-state index contributed by atoms with van der Waals surface area (Å²) in [5, 5.41) is 3.81. The van der Waals surface area contributed by atoms with Gasteiger partial charge in [0.05, 0.1) is 11.1 Å². The number of fused-ring (bicyclic) bond motifs is 1. The highest BCUT2D eigenvalue weighted by molar-refractivity contribution is 5.96. The summed E-state index contributed by atoms with van der Waals surface area (Å²) < 4.78 is 39.1. The summed E-state index contributed by atoms with van der Waals surface area (Å²) in [6.45, 7) is 3.88. The lowest BCUT2D eigenvalue weighted by atomic mass is 10.1. The first kappa shape index (κ1) is 23.8. The highest BCUT2D eigenvalue weighted by atomic mass is 19.4. The number of carbonyl (C=O) groups is 1. The Morgan fingerprint density at radius 2 is 1.61 bits per heavy atom.